The first-order chi connectivity index (χ1) is 10.3. The van der Waals surface area contributed by atoms with E-state index in [1.54, 1.807) is 0 Å². The van der Waals surface area contributed by atoms with Crippen molar-refractivity contribution in [1.29, 1.82) is 0 Å². The molecule has 4 nitrogen and oxygen atoms in total. The fourth-order valence-electron chi connectivity index (χ4n) is 2.08. The van der Waals surface area contributed by atoms with Crippen LogP contribution in [-0.2, 0) is 0 Å². The fraction of sp³-hybridized carbons (Fsp3) is 0. The number of hydrazine groups is 1. The minimum atomic E-state index is 0.511. The Kier molecular flexibility index (Phi) is 3.93. The highest BCUT2D eigenvalue weighted by Crippen LogP contribution is 2.14. The number of hydrogen-bond acceptors (Lipinski definition) is 1. The van der Waals surface area contributed by atoms with Crippen molar-refractivity contribution in [1.82, 2.24) is 10.4 Å². The van der Waals surface area contributed by atoms with Crippen LogP contribution in [0.2, 0.25) is 0 Å². The maximum absolute atomic E-state index is 5.21. The number of aromatic amines is 1. The van der Waals surface area contributed by atoms with Crippen LogP contribution in [0.25, 0.3) is 10.9 Å². The van der Waals surface area contributed by atoms with E-state index in [0.29, 0.717) is 5.11 Å². The highest BCUT2D eigenvalue weighted by atomic mass is 32.1. The Morgan fingerprint density at radius 3 is 2.67 bits per heavy atom. The van der Waals surface area contributed by atoms with Gasteiger partial charge in [-0.3, -0.25) is 0 Å². The summed E-state index contributed by atoms with van der Waals surface area (Å²) in [4.78, 5) is 3.22. The average molecular weight is 295 g/mol. The number of benzene rings is 2. The maximum Gasteiger partial charge on any atom is 0.228 e. The van der Waals surface area contributed by atoms with Crippen LogP contribution in [0.3, 0.4) is 0 Å². The number of nitrogens with one attached hydrogen (secondary N) is 4. The van der Waals surface area contributed by atoms with Crippen LogP contribution in [0.15, 0.2) is 60.8 Å². The largest absolute Gasteiger partial charge is 0.360 e. The molecule has 0 aliphatic heterocycles. The normalized spacial score (nSPS) is 10.9. The molecule has 2 aromatic carbocycles. The summed E-state index contributed by atoms with van der Waals surface area (Å²) in [6.07, 6.45) is 3.82. The van der Waals surface area contributed by atoms with Gasteiger partial charge in [0.05, 0.1) is 5.56 Å². The van der Waals surface area contributed by atoms with Gasteiger partial charge in [0.15, 0.2) is 0 Å². The van der Waals surface area contributed by atoms with Crippen molar-refractivity contribution in [2.24, 2.45) is 0 Å². The van der Waals surface area contributed by atoms with Gasteiger partial charge in [0, 0.05) is 22.8 Å². The lowest BCUT2D eigenvalue weighted by Gasteiger charge is -2.03. The van der Waals surface area contributed by atoms with Gasteiger partial charge in [0.25, 0.3) is 0 Å². The zero-order valence-corrected chi connectivity index (χ0v) is 12.1. The van der Waals surface area contributed by atoms with Gasteiger partial charge in [-0.2, -0.15) is 0 Å². The summed E-state index contributed by atoms with van der Waals surface area (Å²) < 4.78 is 0. The minimum Gasteiger partial charge on any atom is -0.360 e. The molecular formula is C16H15N4S+. The van der Waals surface area contributed by atoms with Crippen LogP contribution in [0.5, 0.6) is 0 Å². The Bertz CT molecular complexity index is 777. The number of aromatic nitrogens is 1. The Hall–Kier alpha value is -2.66. The van der Waals surface area contributed by atoms with E-state index in [-0.39, 0.29) is 0 Å². The highest BCUT2D eigenvalue weighted by molar-refractivity contribution is 7.80. The molecule has 0 saturated carbocycles. The fourth-order valence-corrected chi connectivity index (χ4v) is 2.25. The number of anilines is 1. The van der Waals surface area contributed by atoms with Gasteiger partial charge in [-0.1, -0.05) is 36.4 Å². The summed E-state index contributed by atoms with van der Waals surface area (Å²) in [7, 11) is 0. The lowest BCUT2D eigenvalue weighted by molar-refractivity contribution is -0.499. The molecule has 0 radical (unpaired) electrons. The number of fused-ring (bicyclic) bond motifs is 1. The molecule has 0 aliphatic rings. The van der Waals surface area contributed by atoms with E-state index >= 15 is 0 Å². The summed E-state index contributed by atoms with van der Waals surface area (Å²) in [5, 5.41) is 7.76. The molecule has 3 rings (SSSR count). The first-order valence-electron chi connectivity index (χ1n) is 6.60. The van der Waals surface area contributed by atoms with Crippen molar-refractivity contribution in [2.75, 3.05) is 5.32 Å². The van der Waals surface area contributed by atoms with Crippen molar-refractivity contribution in [3.63, 3.8) is 0 Å². The van der Waals surface area contributed by atoms with E-state index in [4.69, 9.17) is 12.2 Å². The van der Waals surface area contributed by atoms with E-state index in [9.17, 15) is 0 Å². The zero-order chi connectivity index (χ0) is 14.5. The summed E-state index contributed by atoms with van der Waals surface area (Å²) in [6.45, 7) is 0. The summed E-state index contributed by atoms with van der Waals surface area (Å²) >= 11 is 5.21. The van der Waals surface area contributed by atoms with Gasteiger partial charge in [-0.25, -0.2) is 0 Å². The molecule has 1 aromatic heterocycles. The SMILES string of the molecule is S=C(N[NH+]=Cc1c[nH]c2ccccc12)Nc1ccccc1. The van der Waals surface area contributed by atoms with Crippen LogP contribution in [0, 0.1) is 0 Å². The van der Waals surface area contributed by atoms with E-state index in [1.807, 2.05) is 60.9 Å². The monoisotopic (exact) mass is 295 g/mol. The van der Waals surface area contributed by atoms with Gasteiger partial charge in [-0.05, 0) is 30.4 Å². The van der Waals surface area contributed by atoms with E-state index in [1.165, 1.54) is 0 Å². The Morgan fingerprint density at radius 2 is 1.81 bits per heavy atom. The molecule has 104 valence electrons. The Morgan fingerprint density at radius 1 is 1.05 bits per heavy atom. The second kappa shape index (κ2) is 6.19. The van der Waals surface area contributed by atoms with Gasteiger partial charge >= 0.3 is 0 Å². The zero-order valence-electron chi connectivity index (χ0n) is 11.3. The number of hydrazone groups is 1. The van der Waals surface area contributed by atoms with Gasteiger partial charge in [-0.15, -0.1) is 10.5 Å². The van der Waals surface area contributed by atoms with Crippen molar-refractivity contribution in [2.45, 2.75) is 0 Å². The van der Waals surface area contributed by atoms with E-state index < -0.39 is 0 Å². The van der Waals surface area contributed by atoms with Crippen LogP contribution >= 0.6 is 12.2 Å². The lowest BCUT2D eigenvalue weighted by Crippen LogP contribution is -2.82. The third-order valence-electron chi connectivity index (χ3n) is 3.07. The van der Waals surface area contributed by atoms with E-state index in [2.05, 4.69) is 26.9 Å². The van der Waals surface area contributed by atoms with Crippen LogP contribution in [0.1, 0.15) is 5.56 Å². The molecule has 0 saturated heterocycles. The third kappa shape index (κ3) is 3.27. The van der Waals surface area contributed by atoms with Gasteiger partial charge in [0.1, 0.15) is 0 Å². The predicted molar refractivity (Wildman–Crippen MR) is 90.2 cm³/mol. The molecule has 21 heavy (non-hydrogen) atoms. The summed E-state index contributed by atoms with van der Waals surface area (Å²) in [5.41, 5.74) is 6.06. The first kappa shape index (κ1) is 13.3. The molecule has 4 N–H and O–H groups in total. The molecule has 0 atom stereocenters. The van der Waals surface area contributed by atoms with Crippen molar-refractivity contribution >= 4 is 40.1 Å². The second-order valence-corrected chi connectivity index (χ2v) is 4.93. The van der Waals surface area contributed by atoms with Crippen molar-refractivity contribution < 1.29 is 5.10 Å². The van der Waals surface area contributed by atoms with Crippen LogP contribution in [0.4, 0.5) is 5.69 Å². The molecule has 0 fully saturated rings. The van der Waals surface area contributed by atoms with Crippen LogP contribution in [-0.4, -0.2) is 16.3 Å². The predicted octanol–water partition coefficient (Wildman–Crippen LogP) is 1.57. The standard InChI is InChI=1S/C16H14N4S/c21-16(19-13-6-2-1-3-7-13)20-18-11-12-10-17-15-9-5-4-8-14(12)15/h1-11,17H,(H2,19,20,21)/p+1. The Labute approximate surface area is 127 Å². The molecular weight excluding hydrogens is 280 g/mol. The molecule has 0 amide bonds. The number of rotatable bonds is 3. The molecule has 0 spiro atoms. The highest BCUT2D eigenvalue weighted by Gasteiger charge is 2.03. The number of para-hydroxylation sites is 2. The average Bonchev–Trinajstić information content (AvgIpc) is 2.92. The summed E-state index contributed by atoms with van der Waals surface area (Å²) in [5.74, 6) is 0. The smallest absolute Gasteiger partial charge is 0.228 e. The number of thiocarbonyl (C=S) groups is 1. The minimum absolute atomic E-state index is 0.511. The molecule has 0 bridgehead atoms. The molecule has 0 unspecified atom stereocenters. The van der Waals surface area contributed by atoms with Gasteiger partial charge < -0.3 is 10.3 Å². The number of hydrogen-bond donors (Lipinski definition) is 4. The molecule has 3 aromatic rings. The number of H-pyrrole nitrogens is 1. The lowest BCUT2D eigenvalue weighted by atomic mass is 10.2. The van der Waals surface area contributed by atoms with Gasteiger partial charge in [0.2, 0.25) is 11.3 Å². The molecule has 5 heteroatoms. The third-order valence-corrected chi connectivity index (χ3v) is 3.27. The maximum atomic E-state index is 5.21. The first-order valence-corrected chi connectivity index (χ1v) is 7.01. The molecule has 1 heterocycles. The van der Waals surface area contributed by atoms with E-state index in [0.717, 1.165) is 22.2 Å². The summed E-state index contributed by atoms with van der Waals surface area (Å²) in [6, 6.07) is 17.9. The van der Waals surface area contributed by atoms with Crippen molar-refractivity contribution in [3.05, 3.63) is 66.4 Å². The quantitative estimate of drug-likeness (QED) is 0.337. The van der Waals surface area contributed by atoms with Crippen molar-refractivity contribution in [3.8, 4) is 0 Å². The van der Waals surface area contributed by atoms with Crippen LogP contribution < -0.4 is 15.8 Å². The topological polar surface area (TPSA) is 53.8 Å². The second-order valence-electron chi connectivity index (χ2n) is 4.52. The Balaban J connectivity index is 1.63. The molecule has 0 aliphatic carbocycles.